The van der Waals surface area contributed by atoms with Gasteiger partial charge in [0.15, 0.2) is 0 Å². The summed E-state index contributed by atoms with van der Waals surface area (Å²) in [6, 6.07) is 0. The van der Waals surface area contributed by atoms with E-state index in [-0.39, 0.29) is 5.57 Å². The van der Waals surface area contributed by atoms with Gasteiger partial charge in [-0.05, 0) is 26.6 Å². The van der Waals surface area contributed by atoms with Gasteiger partial charge in [-0.25, -0.2) is 9.18 Å². The highest BCUT2D eigenvalue weighted by Gasteiger charge is 2.10. The fraction of sp³-hybridized carbons (Fsp3) is 0.333. The van der Waals surface area contributed by atoms with Gasteiger partial charge in [0.2, 0.25) is 0 Å². The molecular formula is C9H12FNO2. The van der Waals surface area contributed by atoms with Crippen LogP contribution in [0.3, 0.4) is 0 Å². The van der Waals surface area contributed by atoms with Crippen molar-refractivity contribution in [3.8, 4) is 0 Å². The first-order chi connectivity index (χ1) is 6.02. The van der Waals surface area contributed by atoms with Crippen LogP contribution in [0.4, 0.5) is 4.39 Å². The first kappa shape index (κ1) is 11.6. The Labute approximate surface area is 76.6 Å². The number of carbonyl (C=O) groups is 1. The van der Waals surface area contributed by atoms with E-state index in [4.69, 9.17) is 0 Å². The zero-order valence-corrected chi connectivity index (χ0v) is 7.93. The number of allylic oxidation sites excluding steroid dienone is 2. The molecule has 0 aromatic rings. The molecule has 13 heavy (non-hydrogen) atoms. The minimum Gasteiger partial charge on any atom is -0.465 e. The van der Waals surface area contributed by atoms with Gasteiger partial charge in [0.1, 0.15) is 0 Å². The summed E-state index contributed by atoms with van der Waals surface area (Å²) < 4.78 is 16.9. The molecule has 0 radical (unpaired) electrons. The average molecular weight is 185 g/mol. The van der Waals surface area contributed by atoms with E-state index in [2.05, 4.69) is 16.4 Å². The molecule has 0 atom stereocenters. The summed E-state index contributed by atoms with van der Waals surface area (Å²) in [4.78, 5) is 14.6. The average Bonchev–Trinajstić information content (AvgIpc) is 2.11. The van der Waals surface area contributed by atoms with Crippen LogP contribution in [0, 0.1) is 0 Å². The predicted molar refractivity (Wildman–Crippen MR) is 49.1 cm³/mol. The summed E-state index contributed by atoms with van der Waals surface area (Å²) in [7, 11) is 1.22. The molecule has 0 amide bonds. The van der Waals surface area contributed by atoms with Crippen LogP contribution in [0.25, 0.3) is 0 Å². The third kappa shape index (κ3) is 3.64. The lowest BCUT2D eigenvalue weighted by Crippen LogP contribution is -2.04. The van der Waals surface area contributed by atoms with Gasteiger partial charge >= 0.3 is 5.97 Å². The number of aliphatic imine (C=N–C) groups is 1. The molecule has 0 aliphatic heterocycles. The van der Waals surface area contributed by atoms with Crippen LogP contribution in [0.1, 0.15) is 13.8 Å². The second-order valence-corrected chi connectivity index (χ2v) is 2.38. The second-order valence-electron chi connectivity index (χ2n) is 2.38. The highest BCUT2D eigenvalue weighted by molar-refractivity contribution is 5.92. The van der Waals surface area contributed by atoms with Crippen molar-refractivity contribution in [2.75, 3.05) is 7.11 Å². The molecule has 0 bridgehead atoms. The fourth-order valence-corrected chi connectivity index (χ4v) is 0.705. The van der Waals surface area contributed by atoms with Crippen molar-refractivity contribution in [3.05, 3.63) is 23.2 Å². The van der Waals surface area contributed by atoms with E-state index in [9.17, 15) is 9.18 Å². The Bertz CT molecular complexity index is 275. The van der Waals surface area contributed by atoms with E-state index in [1.165, 1.54) is 14.0 Å². The van der Waals surface area contributed by atoms with Crippen molar-refractivity contribution in [2.45, 2.75) is 13.8 Å². The van der Waals surface area contributed by atoms with Gasteiger partial charge in [-0.2, -0.15) is 0 Å². The van der Waals surface area contributed by atoms with Crippen LogP contribution < -0.4 is 0 Å². The van der Waals surface area contributed by atoms with Gasteiger partial charge in [-0.15, -0.1) is 0 Å². The molecule has 0 aliphatic carbocycles. The zero-order valence-electron chi connectivity index (χ0n) is 7.93. The third-order valence-corrected chi connectivity index (χ3v) is 1.38. The smallest absolute Gasteiger partial charge is 0.339 e. The summed E-state index contributed by atoms with van der Waals surface area (Å²) >= 11 is 0. The van der Waals surface area contributed by atoms with Crippen LogP contribution in [-0.4, -0.2) is 19.8 Å². The summed E-state index contributed by atoms with van der Waals surface area (Å²) in [5.41, 5.74) is 0.418. The lowest BCUT2D eigenvalue weighted by atomic mass is 10.2. The normalized spacial score (nSPS) is 13.4. The Morgan fingerprint density at radius 1 is 1.54 bits per heavy atom. The maximum absolute atomic E-state index is 12.5. The quantitative estimate of drug-likeness (QED) is 0.292. The lowest BCUT2D eigenvalue weighted by molar-refractivity contribution is -0.135. The summed E-state index contributed by atoms with van der Waals surface area (Å²) in [6.07, 6.45) is 1.07. The monoisotopic (exact) mass is 185 g/mol. The standard InChI is InChI=1S/C9H12FNO2/c1-6(10)5-8(7(2)11-3)9(12)13-4/h5H,3H2,1-2,4H3/b6-5+,8-7+. The largest absolute Gasteiger partial charge is 0.465 e. The van der Waals surface area contributed by atoms with E-state index in [0.29, 0.717) is 5.70 Å². The molecule has 0 spiro atoms. The van der Waals surface area contributed by atoms with Gasteiger partial charge in [0.25, 0.3) is 0 Å². The molecule has 0 aromatic heterocycles. The molecule has 72 valence electrons. The molecule has 0 unspecified atom stereocenters. The molecule has 0 aromatic carbocycles. The first-order valence-electron chi connectivity index (χ1n) is 3.62. The van der Waals surface area contributed by atoms with E-state index in [1.807, 2.05) is 0 Å². The van der Waals surface area contributed by atoms with Crippen LogP contribution in [0.5, 0.6) is 0 Å². The number of halogens is 1. The van der Waals surface area contributed by atoms with Crippen LogP contribution in [0.15, 0.2) is 28.2 Å². The fourth-order valence-electron chi connectivity index (χ4n) is 0.705. The van der Waals surface area contributed by atoms with Gasteiger partial charge in [-0.1, -0.05) is 0 Å². The molecule has 4 heteroatoms. The molecule has 0 fully saturated rings. The van der Waals surface area contributed by atoms with Crippen molar-refractivity contribution in [2.24, 2.45) is 4.99 Å². The zero-order chi connectivity index (χ0) is 10.4. The molecule has 0 N–H and O–H groups in total. The number of hydrogen-bond acceptors (Lipinski definition) is 3. The summed E-state index contributed by atoms with van der Waals surface area (Å²) in [5, 5.41) is 0. The number of ether oxygens (including phenoxy) is 1. The lowest BCUT2D eigenvalue weighted by Gasteiger charge is -2.01. The number of methoxy groups -OCH3 is 1. The Kier molecular flexibility index (Phi) is 4.66. The van der Waals surface area contributed by atoms with E-state index >= 15 is 0 Å². The molecular weight excluding hydrogens is 173 g/mol. The number of esters is 1. The second kappa shape index (κ2) is 5.24. The third-order valence-electron chi connectivity index (χ3n) is 1.38. The van der Waals surface area contributed by atoms with Crippen LogP contribution in [-0.2, 0) is 9.53 Å². The van der Waals surface area contributed by atoms with Crippen molar-refractivity contribution in [3.63, 3.8) is 0 Å². The highest BCUT2D eigenvalue weighted by atomic mass is 19.1. The summed E-state index contributed by atoms with van der Waals surface area (Å²) in [6.45, 7) is 6.03. The Hall–Kier alpha value is -1.45. The van der Waals surface area contributed by atoms with Gasteiger partial charge < -0.3 is 4.74 Å². The number of nitrogens with zero attached hydrogens (tertiary/aromatic N) is 1. The van der Waals surface area contributed by atoms with Crippen LogP contribution >= 0.6 is 0 Å². The minimum absolute atomic E-state index is 0.0810. The van der Waals surface area contributed by atoms with Crippen LogP contribution in [0.2, 0.25) is 0 Å². The number of hydrogen-bond donors (Lipinski definition) is 0. The minimum atomic E-state index is -0.623. The van der Waals surface area contributed by atoms with Gasteiger partial charge in [0, 0.05) is 0 Å². The topological polar surface area (TPSA) is 38.7 Å². The first-order valence-corrected chi connectivity index (χ1v) is 3.62. The van der Waals surface area contributed by atoms with E-state index in [1.54, 1.807) is 6.92 Å². The van der Waals surface area contributed by atoms with Gasteiger partial charge in [-0.3, -0.25) is 4.99 Å². The Morgan fingerprint density at radius 2 is 2.08 bits per heavy atom. The predicted octanol–water partition coefficient (Wildman–Crippen LogP) is 2.01. The van der Waals surface area contributed by atoms with Crippen molar-refractivity contribution < 1.29 is 13.9 Å². The maximum Gasteiger partial charge on any atom is 0.339 e. The Balaban J connectivity index is 5.10. The molecule has 0 heterocycles. The molecule has 0 saturated carbocycles. The van der Waals surface area contributed by atoms with Gasteiger partial charge in [0.05, 0.1) is 24.2 Å². The van der Waals surface area contributed by atoms with Crippen molar-refractivity contribution in [1.82, 2.24) is 0 Å². The summed E-state index contributed by atoms with van der Waals surface area (Å²) in [5.74, 6) is -1.11. The van der Waals surface area contributed by atoms with Crippen molar-refractivity contribution >= 4 is 12.7 Å². The number of rotatable bonds is 3. The molecule has 0 aliphatic rings. The maximum atomic E-state index is 12.5. The van der Waals surface area contributed by atoms with E-state index < -0.39 is 11.8 Å². The molecule has 0 saturated heterocycles. The Morgan fingerprint density at radius 3 is 2.38 bits per heavy atom. The number of carbonyl (C=O) groups excluding carboxylic acids is 1. The SMILES string of the molecule is C=N/C(C)=C(\C=C(/C)F)C(=O)OC. The molecule has 3 nitrogen and oxygen atoms in total. The molecule has 0 rings (SSSR count). The highest BCUT2D eigenvalue weighted by Crippen LogP contribution is 2.11. The van der Waals surface area contributed by atoms with E-state index in [0.717, 1.165) is 6.08 Å². The van der Waals surface area contributed by atoms with Crippen molar-refractivity contribution in [1.29, 1.82) is 0 Å².